The first-order valence-corrected chi connectivity index (χ1v) is 15.2. The molecular formula is C31H46BiClFe3N2O12+2. The van der Waals surface area contributed by atoms with Crippen LogP contribution in [0.5, 0.6) is 0 Å². The number of hydrogen-bond acceptors (Lipinski definition) is 0. The maximum atomic E-state index is 7.50. The van der Waals surface area contributed by atoms with Crippen molar-refractivity contribution in [2.24, 2.45) is 0 Å². The molecule has 0 fully saturated rings. The van der Waals surface area contributed by atoms with Crippen LogP contribution in [0.3, 0.4) is 0 Å². The summed E-state index contributed by atoms with van der Waals surface area (Å²) in [6.45, 7) is 82.4. The largest absolute Gasteiger partial charge is 0 e. The number of quaternary nitrogens is 2. The molecule has 0 saturated heterocycles. The van der Waals surface area contributed by atoms with Gasteiger partial charge in [-0.3, -0.25) is 0 Å². The number of rotatable bonds is 10. The monoisotopic (exact) mass is 1050 g/mol. The summed E-state index contributed by atoms with van der Waals surface area (Å²) < 4.78 is 93.9. The topological polar surface area (TPSA) is 239 Å². The number of alkyl halides is 1. The number of halogens is 1. The summed E-state index contributed by atoms with van der Waals surface area (Å²) in [6.07, 6.45) is 1.20. The van der Waals surface area contributed by atoms with E-state index in [4.69, 9.17) is 67.4 Å². The fraction of sp³-hybridized carbons (Fsp3) is 0.613. The molecular weight excluding hydrogens is 1000 g/mol. The van der Waals surface area contributed by atoms with E-state index in [0.717, 1.165) is 5.88 Å². The molecule has 0 atom stereocenters. The average Bonchev–Trinajstić information content (AvgIpc) is 3.24. The van der Waals surface area contributed by atoms with Gasteiger partial charge in [0.1, 0.15) is 0 Å². The van der Waals surface area contributed by atoms with Crippen molar-refractivity contribution in [2.45, 2.75) is 65.9 Å². The predicted molar refractivity (Wildman–Crippen MR) is 158 cm³/mol. The number of hydrogen-bond donors (Lipinski definition) is 0. The van der Waals surface area contributed by atoms with Crippen LogP contribution in [0.25, 0.3) is 0 Å². The van der Waals surface area contributed by atoms with Gasteiger partial charge in [0, 0.05) is 51.2 Å². The Bertz CT molecular complexity index is 518. The molecule has 0 aromatic carbocycles. The van der Waals surface area contributed by atoms with Crippen LogP contribution in [0.2, 0.25) is 4.13 Å². The zero-order valence-electron chi connectivity index (χ0n) is 29.5. The van der Waals surface area contributed by atoms with Gasteiger partial charge in [0.15, 0.2) is 0 Å². The van der Waals surface area contributed by atoms with E-state index in [1.165, 1.54) is 96.6 Å². The summed E-state index contributed by atoms with van der Waals surface area (Å²) >= 11 is 6.80. The van der Waals surface area contributed by atoms with E-state index >= 15 is 0 Å². The van der Waals surface area contributed by atoms with Gasteiger partial charge in [-0.15, -0.1) is 0 Å². The Morgan fingerprint density at radius 2 is 0.440 bits per heavy atom. The van der Waals surface area contributed by atoms with E-state index in [9.17, 15) is 0 Å². The van der Waals surface area contributed by atoms with Gasteiger partial charge < -0.3 is 8.97 Å². The molecule has 0 unspecified atom stereocenters. The molecule has 0 heterocycles. The fourth-order valence-electron chi connectivity index (χ4n) is 2.74. The van der Waals surface area contributed by atoms with Crippen molar-refractivity contribution in [3.05, 3.63) is 79.8 Å². The Kier molecular flexibility index (Phi) is 507. The van der Waals surface area contributed by atoms with Crippen molar-refractivity contribution < 1.29 is 116 Å². The average molecular weight is 1050 g/mol. The van der Waals surface area contributed by atoms with Crippen molar-refractivity contribution in [3.8, 4) is 0 Å². The normalized spacial score (nSPS) is 5.64. The third-order valence-electron chi connectivity index (χ3n) is 5.66. The van der Waals surface area contributed by atoms with Gasteiger partial charge in [0.05, 0.1) is 52.4 Å². The van der Waals surface area contributed by atoms with Crippen molar-refractivity contribution in [1.29, 1.82) is 0 Å². The van der Waals surface area contributed by atoms with E-state index in [-0.39, 0.29) is 51.2 Å². The summed E-state index contributed by atoms with van der Waals surface area (Å²) in [7, 11) is 0. The minimum atomic E-state index is 0. The minimum absolute atomic E-state index is 0. The van der Waals surface area contributed by atoms with Crippen LogP contribution in [-0.4, -0.2) is 91.9 Å². The summed E-state index contributed by atoms with van der Waals surface area (Å²) in [5.41, 5.74) is 0. The molecule has 0 spiro atoms. The van der Waals surface area contributed by atoms with Crippen molar-refractivity contribution in [1.82, 2.24) is 0 Å². The van der Waals surface area contributed by atoms with Crippen LogP contribution >= 0.6 is 11.6 Å². The summed E-state index contributed by atoms with van der Waals surface area (Å²) in [6, 6.07) is 0. The molecule has 0 saturated carbocycles. The number of nitrogens with zero attached hydrogens (tertiary/aromatic N) is 2. The minimum Gasteiger partial charge on any atom is 0 e. The standard InChI is InChI=1S/2C8H20N.C3H6Cl.12CO.Bi.3Fe/c2*1-5-9(6-2,7-3)8-4;1-2-3-4;12*1-2;;;;/h2*5-8H2,1-4H3;1-3H2;;;;;;;;;;;;;;;;/q2*+1;;;;;;;;;;;;;;;;;. The van der Waals surface area contributed by atoms with Crippen LogP contribution in [-0.2, 0) is 107 Å². The molecule has 0 aromatic heterocycles. The molecule has 0 aromatic rings. The maximum Gasteiger partial charge on any atom is 0 e. The molecule has 2 radical (unpaired) electrons. The molecule has 19 heteroatoms. The molecule has 0 aliphatic heterocycles. The van der Waals surface area contributed by atoms with Crippen LogP contribution in [0, 0.1) is 79.8 Å². The predicted octanol–water partition coefficient (Wildman–Crippen LogP) is 4.51. The van der Waals surface area contributed by atoms with Gasteiger partial charge in [-0.25, -0.2) is 0 Å². The van der Waals surface area contributed by atoms with Gasteiger partial charge in [-0.05, 0) is 55.4 Å². The Balaban J connectivity index is -0.0000000146. The van der Waals surface area contributed by atoms with Crippen molar-refractivity contribution in [3.63, 3.8) is 0 Å². The van der Waals surface area contributed by atoms with E-state index in [1.807, 2.05) is 0 Å². The third kappa shape index (κ3) is 158. The van der Waals surface area contributed by atoms with Gasteiger partial charge in [-0.2, -0.15) is 0 Å². The SMILES string of the molecule is CC[N+](CC)(CC)CC.CC[N+](CC)(CC)CC.ClCC[CH2][Bi].[C-]#[O+].[C-]#[O+].[C-]#[O+].[C-]#[O+].[C-]#[O+].[C-]#[O+].[C-]#[O+].[C-]#[O+].[C-]#[O+].[C-]#[O+].[C-]#[O+].[C-]#[O+].[Fe].[Fe].[Fe]. The maximum absolute atomic E-state index is 7.50. The third-order valence-corrected chi connectivity index (χ3v) is 7.15. The quantitative estimate of drug-likeness (QED) is 0.0966. The Hall–Kier alpha value is -0.468. The van der Waals surface area contributed by atoms with Gasteiger partial charge in [0.25, 0.3) is 0 Å². The van der Waals surface area contributed by atoms with E-state index < -0.39 is 0 Å². The van der Waals surface area contributed by atoms with Crippen LogP contribution in [0.4, 0.5) is 0 Å². The zero-order chi connectivity index (χ0) is 42.8. The van der Waals surface area contributed by atoms with Crippen LogP contribution in [0.1, 0.15) is 61.8 Å². The Morgan fingerprint density at radius 1 is 0.340 bits per heavy atom. The second kappa shape index (κ2) is 216. The molecule has 286 valence electrons. The second-order valence-corrected chi connectivity index (χ2v) is 8.10. The fourth-order valence-corrected chi connectivity index (χ4v) is 4.26. The second-order valence-electron chi connectivity index (χ2n) is 5.98. The molecule has 14 nitrogen and oxygen atoms in total. The zero-order valence-corrected chi connectivity index (χ0v) is 37.0. The molecule has 0 rings (SSSR count). The first-order chi connectivity index (χ1) is 22.9. The van der Waals surface area contributed by atoms with Crippen molar-refractivity contribution in [2.75, 3.05) is 58.2 Å². The Labute approximate surface area is 353 Å². The van der Waals surface area contributed by atoms with E-state index in [0.29, 0.717) is 0 Å². The first kappa shape index (κ1) is 117. The van der Waals surface area contributed by atoms with E-state index in [2.05, 4.69) is 135 Å². The molecule has 0 amide bonds. The summed E-state index contributed by atoms with van der Waals surface area (Å²) in [4.78, 5) is 0. The van der Waals surface area contributed by atoms with Gasteiger partial charge in [0.2, 0.25) is 0 Å². The van der Waals surface area contributed by atoms with Gasteiger partial charge in [-0.1, -0.05) is 0 Å². The van der Waals surface area contributed by atoms with Gasteiger partial charge >= 0.3 is 188 Å². The smallest absolute Gasteiger partial charge is 0 e. The Morgan fingerprint density at radius 3 is 0.440 bits per heavy atom. The molecule has 0 aliphatic rings. The summed E-state index contributed by atoms with van der Waals surface area (Å²) in [5, 5.41) is 0. The van der Waals surface area contributed by atoms with Crippen LogP contribution < -0.4 is 0 Å². The van der Waals surface area contributed by atoms with Crippen LogP contribution in [0.15, 0.2) is 0 Å². The van der Waals surface area contributed by atoms with E-state index in [1.54, 1.807) is 0 Å². The molecule has 50 heavy (non-hydrogen) atoms. The first-order valence-electron chi connectivity index (χ1n) is 12.2. The molecule has 0 aliphatic carbocycles. The molecule has 0 bridgehead atoms. The van der Waals surface area contributed by atoms with Crippen molar-refractivity contribution >= 4 is 36.3 Å². The molecule has 0 N–H and O–H groups in total. The summed E-state index contributed by atoms with van der Waals surface area (Å²) in [5.74, 6) is 0.844.